The fourth-order valence-corrected chi connectivity index (χ4v) is 3.54. The summed E-state index contributed by atoms with van der Waals surface area (Å²) in [5, 5.41) is 12.1. The molecule has 0 bridgehead atoms. The fraction of sp³-hybridized carbons (Fsp3) is 0.609. The molecule has 27 heavy (non-hydrogen) atoms. The highest BCUT2D eigenvalue weighted by molar-refractivity contribution is 6.35. The Hall–Kier alpha value is -1.32. The Balaban J connectivity index is 1.93. The number of fused-ring (bicyclic) bond motifs is 1. The lowest BCUT2D eigenvalue weighted by Gasteiger charge is -2.15. The molecule has 0 fully saturated rings. The molecular formula is C23H34ClNO2. The molecule has 0 saturated heterocycles. The molecule has 1 N–H and O–H groups in total. The molecule has 1 aromatic carbocycles. The first-order valence-corrected chi connectivity index (χ1v) is 10.8. The summed E-state index contributed by atoms with van der Waals surface area (Å²) in [6.45, 7) is 6.22. The van der Waals surface area contributed by atoms with Crippen LogP contribution in [0.15, 0.2) is 24.3 Å². The second-order valence-corrected chi connectivity index (χ2v) is 8.03. The minimum absolute atomic E-state index is 0.0575. The molecule has 0 spiro atoms. The van der Waals surface area contributed by atoms with Gasteiger partial charge < -0.3 is 9.84 Å². The summed E-state index contributed by atoms with van der Waals surface area (Å²) in [6, 6.07) is 7.50. The first kappa shape index (κ1) is 22.0. The van der Waals surface area contributed by atoms with E-state index in [1.54, 1.807) is 0 Å². The van der Waals surface area contributed by atoms with Crippen LogP contribution in [0.25, 0.3) is 10.9 Å². The summed E-state index contributed by atoms with van der Waals surface area (Å²) in [7, 11) is 0. The number of benzene rings is 1. The van der Waals surface area contributed by atoms with Crippen LogP contribution in [0.4, 0.5) is 0 Å². The van der Waals surface area contributed by atoms with Gasteiger partial charge in [-0.15, -0.1) is 0 Å². The van der Waals surface area contributed by atoms with Crippen LogP contribution < -0.4 is 4.74 Å². The van der Waals surface area contributed by atoms with E-state index in [2.05, 4.69) is 11.9 Å². The van der Waals surface area contributed by atoms with Crippen LogP contribution >= 0.6 is 11.6 Å². The van der Waals surface area contributed by atoms with Crippen molar-refractivity contribution in [1.29, 1.82) is 0 Å². The zero-order chi connectivity index (χ0) is 19.6. The number of pyridine rings is 1. The van der Waals surface area contributed by atoms with Crippen molar-refractivity contribution in [2.75, 3.05) is 0 Å². The van der Waals surface area contributed by atoms with Gasteiger partial charge in [-0.05, 0) is 44.5 Å². The van der Waals surface area contributed by atoms with Crippen LogP contribution in [0.2, 0.25) is 5.02 Å². The molecule has 0 amide bonds. The molecule has 3 nitrogen and oxygen atoms in total. The van der Waals surface area contributed by atoms with Gasteiger partial charge in [0.25, 0.3) is 0 Å². The van der Waals surface area contributed by atoms with Crippen molar-refractivity contribution in [3.05, 3.63) is 35.0 Å². The maximum atomic E-state index is 10.6. The first-order chi connectivity index (χ1) is 13.0. The monoisotopic (exact) mass is 391 g/mol. The molecule has 0 radical (unpaired) electrons. The minimum atomic E-state index is -0.541. The Morgan fingerprint density at radius 2 is 1.63 bits per heavy atom. The Morgan fingerprint density at radius 1 is 0.963 bits per heavy atom. The maximum absolute atomic E-state index is 10.6. The van der Waals surface area contributed by atoms with Gasteiger partial charge in [0.15, 0.2) is 0 Å². The van der Waals surface area contributed by atoms with Crippen molar-refractivity contribution in [3.63, 3.8) is 0 Å². The van der Waals surface area contributed by atoms with Crippen LogP contribution in [-0.2, 0) is 0 Å². The second kappa shape index (κ2) is 11.5. The molecule has 2 rings (SSSR count). The predicted octanol–water partition coefficient (Wildman–Crippen LogP) is 7.24. The number of hydrogen-bond donors (Lipinski definition) is 1. The predicted molar refractivity (Wildman–Crippen MR) is 115 cm³/mol. The number of halogens is 1. The van der Waals surface area contributed by atoms with Gasteiger partial charge in [-0.25, -0.2) is 4.98 Å². The smallest absolute Gasteiger partial charge is 0.146 e. The maximum Gasteiger partial charge on any atom is 0.146 e. The van der Waals surface area contributed by atoms with Gasteiger partial charge in [0.05, 0.1) is 22.9 Å². The van der Waals surface area contributed by atoms with Gasteiger partial charge in [-0.1, -0.05) is 69.9 Å². The standard InChI is InChI=1S/C23H34ClNO2/c1-4-5-6-7-8-9-10-11-12-21(26)20-15-13-18-19(24)14-16-22(23(18)25-20)27-17(2)3/h13-17,21,26H,4-12H2,1-3H3. The van der Waals surface area contributed by atoms with E-state index in [1.807, 2.05) is 38.1 Å². The van der Waals surface area contributed by atoms with E-state index in [-0.39, 0.29) is 6.10 Å². The number of ether oxygens (including phenoxy) is 1. The zero-order valence-electron chi connectivity index (χ0n) is 17.0. The average Bonchev–Trinajstić information content (AvgIpc) is 2.65. The zero-order valence-corrected chi connectivity index (χ0v) is 17.8. The number of unbranched alkanes of at least 4 members (excludes halogenated alkanes) is 7. The molecule has 4 heteroatoms. The molecule has 1 aromatic heterocycles. The van der Waals surface area contributed by atoms with E-state index in [4.69, 9.17) is 16.3 Å². The lowest BCUT2D eigenvalue weighted by molar-refractivity contribution is 0.159. The largest absolute Gasteiger partial charge is 0.489 e. The van der Waals surface area contributed by atoms with Crippen LogP contribution in [0.3, 0.4) is 0 Å². The molecule has 0 aliphatic carbocycles. The highest BCUT2D eigenvalue weighted by Crippen LogP contribution is 2.32. The number of aromatic nitrogens is 1. The van der Waals surface area contributed by atoms with Crippen LogP contribution in [0.5, 0.6) is 5.75 Å². The SMILES string of the molecule is CCCCCCCCCCC(O)c1ccc2c(Cl)ccc(OC(C)C)c2n1. The highest BCUT2D eigenvalue weighted by Gasteiger charge is 2.14. The minimum Gasteiger partial charge on any atom is -0.489 e. The molecule has 0 aliphatic rings. The van der Waals surface area contributed by atoms with Crippen LogP contribution in [0, 0.1) is 0 Å². The van der Waals surface area contributed by atoms with Crippen molar-refractivity contribution >= 4 is 22.5 Å². The highest BCUT2D eigenvalue weighted by atomic mass is 35.5. The summed E-state index contributed by atoms with van der Waals surface area (Å²) in [5.41, 5.74) is 1.42. The molecule has 0 saturated carbocycles. The quantitative estimate of drug-likeness (QED) is 0.387. The topological polar surface area (TPSA) is 42.4 Å². The fourth-order valence-electron chi connectivity index (χ4n) is 3.33. The normalized spacial score (nSPS) is 12.7. The lowest BCUT2D eigenvalue weighted by Crippen LogP contribution is -2.07. The van der Waals surface area contributed by atoms with Crippen LogP contribution in [-0.4, -0.2) is 16.2 Å². The van der Waals surface area contributed by atoms with Crippen molar-refractivity contribution in [2.24, 2.45) is 0 Å². The molecule has 1 unspecified atom stereocenters. The number of nitrogens with zero attached hydrogens (tertiary/aromatic N) is 1. The molecular weight excluding hydrogens is 358 g/mol. The van der Waals surface area contributed by atoms with Gasteiger partial charge in [0, 0.05) is 5.39 Å². The summed E-state index contributed by atoms with van der Waals surface area (Å²) in [5.74, 6) is 0.713. The summed E-state index contributed by atoms with van der Waals surface area (Å²) < 4.78 is 5.87. The Bertz CT molecular complexity index is 702. The molecule has 2 aromatic rings. The van der Waals surface area contributed by atoms with Gasteiger partial charge in [-0.2, -0.15) is 0 Å². The van der Waals surface area contributed by atoms with Crippen molar-refractivity contribution in [1.82, 2.24) is 4.98 Å². The second-order valence-electron chi connectivity index (χ2n) is 7.62. The van der Waals surface area contributed by atoms with Crippen LogP contribution in [0.1, 0.15) is 90.4 Å². The number of aliphatic hydroxyl groups is 1. The van der Waals surface area contributed by atoms with Gasteiger partial charge in [0.2, 0.25) is 0 Å². The molecule has 1 atom stereocenters. The van der Waals surface area contributed by atoms with E-state index >= 15 is 0 Å². The summed E-state index contributed by atoms with van der Waals surface area (Å²) in [6.07, 6.45) is 10.3. The van der Waals surface area contributed by atoms with Gasteiger partial charge >= 0.3 is 0 Å². The van der Waals surface area contributed by atoms with E-state index < -0.39 is 6.10 Å². The van der Waals surface area contributed by atoms with Crippen molar-refractivity contribution in [3.8, 4) is 5.75 Å². The van der Waals surface area contributed by atoms with Crippen molar-refractivity contribution in [2.45, 2.75) is 90.8 Å². The third-order valence-corrected chi connectivity index (χ3v) is 5.15. The number of aliphatic hydroxyl groups excluding tert-OH is 1. The van der Waals surface area contributed by atoms with E-state index in [0.717, 1.165) is 23.7 Å². The molecule has 0 aliphatic heterocycles. The molecule has 150 valence electrons. The van der Waals surface area contributed by atoms with Gasteiger partial charge in [-0.3, -0.25) is 0 Å². The third kappa shape index (κ3) is 6.97. The molecule has 1 heterocycles. The number of hydrogen-bond acceptors (Lipinski definition) is 3. The Kier molecular flexibility index (Phi) is 9.36. The van der Waals surface area contributed by atoms with Crippen molar-refractivity contribution < 1.29 is 9.84 Å². The van der Waals surface area contributed by atoms with E-state index in [9.17, 15) is 5.11 Å². The first-order valence-electron chi connectivity index (χ1n) is 10.5. The third-order valence-electron chi connectivity index (χ3n) is 4.82. The van der Waals surface area contributed by atoms with Gasteiger partial charge in [0.1, 0.15) is 11.3 Å². The van der Waals surface area contributed by atoms with E-state index in [0.29, 0.717) is 16.5 Å². The summed E-state index contributed by atoms with van der Waals surface area (Å²) >= 11 is 6.30. The average molecular weight is 392 g/mol. The Labute approximate surface area is 169 Å². The Morgan fingerprint density at radius 3 is 2.30 bits per heavy atom. The summed E-state index contributed by atoms with van der Waals surface area (Å²) in [4.78, 5) is 4.68. The van der Waals surface area contributed by atoms with E-state index in [1.165, 1.54) is 44.9 Å². The number of rotatable bonds is 12. The lowest BCUT2D eigenvalue weighted by atomic mass is 10.0.